The molecule has 0 unspecified atom stereocenters. The van der Waals surface area contributed by atoms with Gasteiger partial charge in [-0.2, -0.15) is 17.5 Å². The van der Waals surface area contributed by atoms with Crippen molar-refractivity contribution in [1.29, 1.82) is 0 Å². The van der Waals surface area contributed by atoms with E-state index in [1.54, 1.807) is 30.0 Å². The predicted octanol–water partition coefficient (Wildman–Crippen LogP) is 3.77. The summed E-state index contributed by atoms with van der Waals surface area (Å²) in [5, 5.41) is 0. The first-order valence-electron chi connectivity index (χ1n) is 11.9. The van der Waals surface area contributed by atoms with Crippen LogP contribution in [0.1, 0.15) is 24.0 Å². The Labute approximate surface area is 209 Å². The van der Waals surface area contributed by atoms with Crippen molar-refractivity contribution in [3.63, 3.8) is 0 Å². The minimum Gasteiger partial charge on any atom is -0.496 e. The van der Waals surface area contributed by atoms with Crippen molar-refractivity contribution in [2.24, 2.45) is 5.92 Å². The second kappa shape index (κ2) is 10.3. The van der Waals surface area contributed by atoms with Crippen LogP contribution in [0.25, 0.3) is 0 Å². The second-order valence-electron chi connectivity index (χ2n) is 9.19. The van der Waals surface area contributed by atoms with Crippen LogP contribution in [0, 0.1) is 12.8 Å². The minimum atomic E-state index is -4.41. The number of carbonyl (C=O) groups is 1. The van der Waals surface area contributed by atoms with Gasteiger partial charge in [0.25, 0.3) is 0 Å². The number of rotatable bonds is 5. The maximum absolute atomic E-state index is 13.3. The molecule has 0 aliphatic carbocycles. The summed E-state index contributed by atoms with van der Waals surface area (Å²) in [5.74, 6) is 0.0439. The fourth-order valence-electron chi connectivity index (χ4n) is 4.84. The highest BCUT2D eigenvalue weighted by atomic mass is 32.2. The van der Waals surface area contributed by atoms with Crippen LogP contribution >= 0.6 is 0 Å². The molecule has 2 aliphatic heterocycles. The van der Waals surface area contributed by atoms with E-state index >= 15 is 0 Å². The van der Waals surface area contributed by atoms with Crippen LogP contribution in [0.2, 0.25) is 0 Å². The van der Waals surface area contributed by atoms with E-state index in [0.29, 0.717) is 62.6 Å². The lowest BCUT2D eigenvalue weighted by molar-refractivity contribution is -0.137. The number of piperidine rings is 1. The summed E-state index contributed by atoms with van der Waals surface area (Å²) in [7, 11) is -2.24. The normalized spacial score (nSPS) is 19.9. The number of ether oxygens (including phenoxy) is 1. The number of hydrogen-bond donors (Lipinski definition) is 0. The van der Waals surface area contributed by atoms with Gasteiger partial charge in [-0.05, 0) is 61.7 Å². The molecule has 0 saturated carbocycles. The lowest BCUT2D eigenvalue weighted by Crippen LogP contribution is -2.53. The fourth-order valence-corrected chi connectivity index (χ4v) is 6.45. The number of amides is 1. The van der Waals surface area contributed by atoms with Crippen LogP contribution in [0.5, 0.6) is 5.75 Å². The van der Waals surface area contributed by atoms with E-state index in [1.807, 2.05) is 4.90 Å². The SMILES string of the molecule is COc1ccc(S(=O)(=O)N2CCC[C@H](C(=O)N3CCN(c4cccc(C(F)(F)F)c4)CC3)C2)cc1C. The van der Waals surface area contributed by atoms with Crippen molar-refractivity contribution < 1.29 is 31.1 Å². The molecular weight excluding hydrogens is 495 g/mol. The zero-order chi connectivity index (χ0) is 26.1. The van der Waals surface area contributed by atoms with Gasteiger partial charge in [-0.15, -0.1) is 0 Å². The van der Waals surface area contributed by atoms with Crippen molar-refractivity contribution in [3.8, 4) is 5.75 Å². The largest absolute Gasteiger partial charge is 0.496 e. The monoisotopic (exact) mass is 525 g/mol. The molecule has 2 aromatic rings. The Hall–Kier alpha value is -2.79. The molecule has 1 atom stereocenters. The van der Waals surface area contributed by atoms with Gasteiger partial charge in [-0.1, -0.05) is 6.07 Å². The number of piperazine rings is 1. The molecule has 7 nitrogen and oxygen atoms in total. The van der Waals surface area contributed by atoms with E-state index in [4.69, 9.17) is 4.74 Å². The third-order valence-corrected chi connectivity index (χ3v) is 8.73. The average Bonchev–Trinajstić information content (AvgIpc) is 2.88. The summed E-state index contributed by atoms with van der Waals surface area (Å²) in [5.41, 5.74) is 0.484. The number of methoxy groups -OCH3 is 1. The van der Waals surface area contributed by atoms with Gasteiger partial charge in [0.1, 0.15) is 5.75 Å². The number of anilines is 1. The van der Waals surface area contributed by atoms with Gasteiger partial charge in [-0.25, -0.2) is 8.42 Å². The van der Waals surface area contributed by atoms with Crippen molar-refractivity contribution in [3.05, 3.63) is 53.6 Å². The van der Waals surface area contributed by atoms with E-state index in [0.717, 1.165) is 12.1 Å². The molecule has 0 N–H and O–H groups in total. The highest BCUT2D eigenvalue weighted by Crippen LogP contribution is 2.32. The zero-order valence-corrected chi connectivity index (χ0v) is 21.1. The lowest BCUT2D eigenvalue weighted by atomic mass is 9.97. The van der Waals surface area contributed by atoms with Gasteiger partial charge < -0.3 is 14.5 Å². The maximum atomic E-state index is 13.3. The highest BCUT2D eigenvalue weighted by Gasteiger charge is 2.36. The Morgan fingerprint density at radius 1 is 1.03 bits per heavy atom. The van der Waals surface area contributed by atoms with E-state index in [2.05, 4.69) is 0 Å². The molecule has 36 heavy (non-hydrogen) atoms. The van der Waals surface area contributed by atoms with E-state index < -0.39 is 27.7 Å². The standard InChI is InChI=1S/C25H30F3N3O4S/c1-18-15-22(8-9-23(18)35-2)36(33,34)31-10-4-5-19(17-31)24(32)30-13-11-29(12-14-30)21-7-3-6-20(16-21)25(26,27)28/h3,6-9,15-16,19H,4-5,10-14,17H2,1-2H3/t19-/m0/s1. The number of sulfonamides is 1. The molecule has 0 aromatic heterocycles. The summed E-state index contributed by atoms with van der Waals surface area (Å²) >= 11 is 0. The van der Waals surface area contributed by atoms with Gasteiger partial charge in [0, 0.05) is 45.0 Å². The molecule has 2 aromatic carbocycles. The number of benzene rings is 2. The van der Waals surface area contributed by atoms with Gasteiger partial charge in [0.15, 0.2) is 0 Å². The first-order chi connectivity index (χ1) is 17.0. The molecule has 0 radical (unpaired) electrons. The number of alkyl halides is 3. The van der Waals surface area contributed by atoms with Crippen LogP contribution in [0.15, 0.2) is 47.4 Å². The Balaban J connectivity index is 1.39. The molecule has 2 heterocycles. The number of carbonyl (C=O) groups excluding carboxylic acids is 1. The van der Waals surface area contributed by atoms with Crippen molar-refractivity contribution >= 4 is 21.6 Å². The van der Waals surface area contributed by atoms with Gasteiger partial charge in [0.05, 0.1) is 23.5 Å². The topological polar surface area (TPSA) is 70.2 Å². The third kappa shape index (κ3) is 5.46. The summed E-state index contributed by atoms with van der Waals surface area (Å²) in [6.45, 7) is 3.80. The maximum Gasteiger partial charge on any atom is 0.416 e. The molecule has 2 saturated heterocycles. The molecule has 2 fully saturated rings. The van der Waals surface area contributed by atoms with Crippen molar-refractivity contribution in [2.45, 2.75) is 30.8 Å². The number of nitrogens with zero attached hydrogens (tertiary/aromatic N) is 3. The fraction of sp³-hybridized carbons (Fsp3) is 0.480. The molecule has 11 heteroatoms. The summed E-state index contributed by atoms with van der Waals surface area (Å²) in [6, 6.07) is 9.90. The Morgan fingerprint density at radius 3 is 2.39 bits per heavy atom. The molecule has 4 rings (SSSR count). The van der Waals surface area contributed by atoms with Crippen molar-refractivity contribution in [1.82, 2.24) is 9.21 Å². The molecule has 196 valence electrons. The molecule has 2 aliphatic rings. The Kier molecular flexibility index (Phi) is 7.51. The smallest absolute Gasteiger partial charge is 0.416 e. The Morgan fingerprint density at radius 2 is 1.75 bits per heavy atom. The van der Waals surface area contributed by atoms with E-state index in [-0.39, 0.29) is 17.3 Å². The predicted molar refractivity (Wildman–Crippen MR) is 129 cm³/mol. The first-order valence-corrected chi connectivity index (χ1v) is 13.3. The van der Waals surface area contributed by atoms with Crippen molar-refractivity contribution in [2.75, 3.05) is 51.3 Å². The number of aryl methyl sites for hydroxylation is 1. The van der Waals surface area contributed by atoms with Crippen LogP contribution in [-0.4, -0.2) is 69.9 Å². The van der Waals surface area contributed by atoms with Crippen LogP contribution in [-0.2, 0) is 21.0 Å². The molecule has 0 spiro atoms. The first kappa shape index (κ1) is 26.3. The zero-order valence-electron chi connectivity index (χ0n) is 20.3. The highest BCUT2D eigenvalue weighted by molar-refractivity contribution is 7.89. The van der Waals surface area contributed by atoms with E-state index in [1.165, 1.54) is 23.5 Å². The third-order valence-electron chi connectivity index (χ3n) is 6.87. The molecular formula is C25H30F3N3O4S. The van der Waals surface area contributed by atoms with Crippen LogP contribution in [0.4, 0.5) is 18.9 Å². The lowest BCUT2D eigenvalue weighted by Gasteiger charge is -2.39. The van der Waals surface area contributed by atoms with Crippen LogP contribution < -0.4 is 9.64 Å². The van der Waals surface area contributed by atoms with Crippen LogP contribution in [0.3, 0.4) is 0 Å². The number of hydrogen-bond acceptors (Lipinski definition) is 5. The average molecular weight is 526 g/mol. The summed E-state index contributed by atoms with van der Waals surface area (Å²) < 4.78 is 72.3. The van der Waals surface area contributed by atoms with Gasteiger partial charge >= 0.3 is 6.18 Å². The Bertz CT molecular complexity index is 1210. The van der Waals surface area contributed by atoms with Gasteiger partial charge in [-0.3, -0.25) is 4.79 Å². The summed E-state index contributed by atoms with van der Waals surface area (Å²) in [4.78, 5) is 17.0. The van der Waals surface area contributed by atoms with Gasteiger partial charge in [0.2, 0.25) is 15.9 Å². The minimum absolute atomic E-state index is 0.107. The molecule has 1 amide bonds. The number of halogens is 3. The van der Waals surface area contributed by atoms with E-state index in [9.17, 15) is 26.4 Å². The second-order valence-corrected chi connectivity index (χ2v) is 11.1. The molecule has 0 bridgehead atoms. The summed E-state index contributed by atoms with van der Waals surface area (Å²) in [6.07, 6.45) is -3.24. The quantitative estimate of drug-likeness (QED) is 0.595.